The molecule has 0 saturated heterocycles. The standard InChI is InChI=1S/C12H17BrO2S/c1-3-11(13)9-10-7-5-6-8-12(10)16(14,15)4-2/h5-8,11H,3-4,9H2,1-2H3. The van der Waals surface area contributed by atoms with Crippen LogP contribution in [0.5, 0.6) is 0 Å². The van der Waals surface area contributed by atoms with Crippen LogP contribution in [0.4, 0.5) is 0 Å². The molecule has 0 fully saturated rings. The van der Waals surface area contributed by atoms with Gasteiger partial charge in [0.15, 0.2) is 9.84 Å². The van der Waals surface area contributed by atoms with E-state index in [1.807, 2.05) is 12.1 Å². The van der Waals surface area contributed by atoms with Crippen molar-refractivity contribution in [3.8, 4) is 0 Å². The van der Waals surface area contributed by atoms with E-state index in [4.69, 9.17) is 0 Å². The smallest absolute Gasteiger partial charge is 0.178 e. The summed E-state index contributed by atoms with van der Waals surface area (Å²) in [5.74, 6) is 0.156. The van der Waals surface area contributed by atoms with Crippen molar-refractivity contribution < 1.29 is 8.42 Å². The predicted octanol–water partition coefficient (Wildman–Crippen LogP) is 3.20. The molecule has 1 aromatic rings. The number of hydrogen-bond donors (Lipinski definition) is 0. The van der Waals surface area contributed by atoms with E-state index < -0.39 is 9.84 Å². The molecule has 1 aromatic carbocycles. The lowest BCUT2D eigenvalue weighted by atomic mass is 10.1. The van der Waals surface area contributed by atoms with Crippen molar-refractivity contribution >= 4 is 25.8 Å². The zero-order valence-electron chi connectivity index (χ0n) is 9.61. The Morgan fingerprint density at radius 3 is 2.44 bits per heavy atom. The second-order valence-corrected chi connectivity index (χ2v) is 7.26. The molecule has 4 heteroatoms. The first-order valence-corrected chi connectivity index (χ1v) is 8.02. The van der Waals surface area contributed by atoms with E-state index in [1.54, 1.807) is 19.1 Å². The quantitative estimate of drug-likeness (QED) is 0.783. The van der Waals surface area contributed by atoms with Gasteiger partial charge in [0.1, 0.15) is 0 Å². The molecule has 0 aliphatic heterocycles. The van der Waals surface area contributed by atoms with Crippen LogP contribution in [0.3, 0.4) is 0 Å². The van der Waals surface area contributed by atoms with Crippen LogP contribution in [0.1, 0.15) is 25.8 Å². The summed E-state index contributed by atoms with van der Waals surface area (Å²) >= 11 is 3.54. The third-order valence-electron chi connectivity index (χ3n) is 2.57. The monoisotopic (exact) mass is 304 g/mol. The molecule has 2 nitrogen and oxygen atoms in total. The van der Waals surface area contributed by atoms with Crippen LogP contribution in [0.15, 0.2) is 29.2 Å². The number of rotatable bonds is 5. The Kier molecular flexibility index (Phi) is 4.99. The van der Waals surface area contributed by atoms with Crippen molar-refractivity contribution in [2.75, 3.05) is 5.75 Å². The first-order chi connectivity index (χ1) is 7.51. The summed E-state index contributed by atoms with van der Waals surface area (Å²) < 4.78 is 23.8. The Hall–Kier alpha value is -0.350. The zero-order valence-corrected chi connectivity index (χ0v) is 12.0. The first-order valence-electron chi connectivity index (χ1n) is 5.46. The number of sulfone groups is 1. The molecule has 1 unspecified atom stereocenters. The van der Waals surface area contributed by atoms with E-state index >= 15 is 0 Å². The van der Waals surface area contributed by atoms with Crippen molar-refractivity contribution in [2.45, 2.75) is 36.4 Å². The number of halogens is 1. The van der Waals surface area contributed by atoms with E-state index in [-0.39, 0.29) is 5.75 Å². The average molecular weight is 305 g/mol. The van der Waals surface area contributed by atoms with Gasteiger partial charge in [0, 0.05) is 4.83 Å². The van der Waals surface area contributed by atoms with Crippen molar-refractivity contribution in [3.63, 3.8) is 0 Å². The third kappa shape index (κ3) is 3.32. The number of benzene rings is 1. The van der Waals surface area contributed by atoms with Crippen LogP contribution in [-0.2, 0) is 16.3 Å². The lowest BCUT2D eigenvalue weighted by Crippen LogP contribution is -2.10. The van der Waals surface area contributed by atoms with Gasteiger partial charge in [-0.05, 0) is 24.5 Å². The molecule has 0 N–H and O–H groups in total. The van der Waals surface area contributed by atoms with Crippen molar-refractivity contribution in [1.29, 1.82) is 0 Å². The fraction of sp³-hybridized carbons (Fsp3) is 0.500. The molecule has 0 saturated carbocycles. The van der Waals surface area contributed by atoms with E-state index in [1.165, 1.54) is 0 Å². The molecule has 0 bridgehead atoms. The molecule has 0 spiro atoms. The molecule has 1 atom stereocenters. The van der Waals surface area contributed by atoms with Crippen LogP contribution >= 0.6 is 15.9 Å². The minimum Gasteiger partial charge on any atom is -0.224 e. The van der Waals surface area contributed by atoms with Crippen LogP contribution in [0.25, 0.3) is 0 Å². The summed E-state index contributed by atoms with van der Waals surface area (Å²) in [6.45, 7) is 3.76. The Bertz CT molecular complexity index is 440. The molecular weight excluding hydrogens is 288 g/mol. The summed E-state index contributed by atoms with van der Waals surface area (Å²) in [4.78, 5) is 0.816. The Morgan fingerprint density at radius 2 is 1.88 bits per heavy atom. The van der Waals surface area contributed by atoms with Crippen LogP contribution in [-0.4, -0.2) is 19.0 Å². The normalized spacial score (nSPS) is 13.7. The molecule has 16 heavy (non-hydrogen) atoms. The largest absolute Gasteiger partial charge is 0.224 e. The fourth-order valence-corrected chi connectivity index (χ4v) is 3.01. The minimum absolute atomic E-state index is 0.156. The van der Waals surface area contributed by atoms with Crippen LogP contribution in [0, 0.1) is 0 Å². The molecule has 0 aliphatic rings. The highest BCUT2D eigenvalue weighted by Gasteiger charge is 2.17. The van der Waals surface area contributed by atoms with Gasteiger partial charge in [-0.3, -0.25) is 0 Å². The number of alkyl halides is 1. The molecule has 0 radical (unpaired) electrons. The second-order valence-electron chi connectivity index (χ2n) is 3.72. The van der Waals surface area contributed by atoms with Gasteiger partial charge >= 0.3 is 0 Å². The highest BCUT2D eigenvalue weighted by Crippen LogP contribution is 2.21. The fourth-order valence-electron chi connectivity index (χ4n) is 1.51. The maximum absolute atomic E-state index is 11.9. The van der Waals surface area contributed by atoms with Crippen LogP contribution < -0.4 is 0 Å². The summed E-state index contributed by atoms with van der Waals surface area (Å²) in [6.07, 6.45) is 1.74. The van der Waals surface area contributed by atoms with Gasteiger partial charge in [-0.2, -0.15) is 0 Å². The first kappa shape index (κ1) is 13.7. The van der Waals surface area contributed by atoms with E-state index in [0.29, 0.717) is 9.72 Å². The average Bonchev–Trinajstić information content (AvgIpc) is 2.29. The lowest BCUT2D eigenvalue weighted by Gasteiger charge is -2.11. The van der Waals surface area contributed by atoms with Gasteiger partial charge in [-0.15, -0.1) is 0 Å². The molecule has 90 valence electrons. The Morgan fingerprint density at radius 1 is 1.25 bits per heavy atom. The van der Waals surface area contributed by atoms with E-state index in [9.17, 15) is 8.42 Å². The molecule has 0 aliphatic carbocycles. The Labute approximate surface area is 106 Å². The summed E-state index contributed by atoms with van der Waals surface area (Å²) in [5, 5.41) is 0. The molecule has 0 heterocycles. The van der Waals surface area contributed by atoms with Crippen LogP contribution in [0.2, 0.25) is 0 Å². The van der Waals surface area contributed by atoms with E-state index in [2.05, 4.69) is 22.9 Å². The zero-order chi connectivity index (χ0) is 12.2. The van der Waals surface area contributed by atoms with E-state index in [0.717, 1.165) is 18.4 Å². The van der Waals surface area contributed by atoms with Gasteiger partial charge in [-0.1, -0.05) is 48.0 Å². The van der Waals surface area contributed by atoms with Crippen molar-refractivity contribution in [2.24, 2.45) is 0 Å². The summed E-state index contributed by atoms with van der Waals surface area (Å²) in [5.41, 5.74) is 0.910. The van der Waals surface area contributed by atoms with Gasteiger partial charge < -0.3 is 0 Å². The molecule has 0 amide bonds. The van der Waals surface area contributed by atoms with Gasteiger partial charge in [0.05, 0.1) is 10.6 Å². The highest BCUT2D eigenvalue weighted by atomic mass is 79.9. The van der Waals surface area contributed by atoms with Crippen molar-refractivity contribution in [1.82, 2.24) is 0 Å². The van der Waals surface area contributed by atoms with Gasteiger partial charge in [-0.25, -0.2) is 8.42 Å². The van der Waals surface area contributed by atoms with Crippen molar-refractivity contribution in [3.05, 3.63) is 29.8 Å². The maximum Gasteiger partial charge on any atom is 0.178 e. The van der Waals surface area contributed by atoms with Gasteiger partial charge in [0.2, 0.25) is 0 Å². The minimum atomic E-state index is -3.10. The third-order valence-corrected chi connectivity index (χ3v) is 5.37. The SMILES string of the molecule is CCC(Br)Cc1ccccc1S(=O)(=O)CC. The topological polar surface area (TPSA) is 34.1 Å². The predicted molar refractivity (Wildman–Crippen MR) is 70.9 cm³/mol. The maximum atomic E-state index is 11.9. The number of hydrogen-bond acceptors (Lipinski definition) is 2. The summed E-state index contributed by atoms with van der Waals surface area (Å²) in [6, 6.07) is 7.26. The molecular formula is C12H17BrO2S. The second kappa shape index (κ2) is 5.82. The summed E-state index contributed by atoms with van der Waals surface area (Å²) in [7, 11) is -3.10. The molecule has 1 rings (SSSR count). The molecule has 0 aromatic heterocycles. The highest BCUT2D eigenvalue weighted by molar-refractivity contribution is 9.09. The Balaban J connectivity index is 3.11. The van der Waals surface area contributed by atoms with Gasteiger partial charge in [0.25, 0.3) is 0 Å². The lowest BCUT2D eigenvalue weighted by molar-refractivity contribution is 0.595.